The number of nitrogens with zero attached hydrogens (tertiary/aromatic N) is 2. The number of carbonyl (C=O) groups excluding carboxylic acids is 1. The Morgan fingerprint density at radius 2 is 1.85 bits per heavy atom. The molecule has 0 N–H and O–H groups in total. The molecule has 0 radical (unpaired) electrons. The normalized spacial score (nSPS) is 10.9. The van der Waals surface area contributed by atoms with Gasteiger partial charge in [-0.25, -0.2) is 4.98 Å². The van der Waals surface area contributed by atoms with Crippen LogP contribution < -0.4 is 0 Å². The first-order valence-corrected chi connectivity index (χ1v) is 6.61. The van der Waals surface area contributed by atoms with Gasteiger partial charge in [0, 0.05) is 11.8 Å². The van der Waals surface area contributed by atoms with Crippen molar-refractivity contribution in [1.82, 2.24) is 9.38 Å². The highest BCUT2D eigenvalue weighted by molar-refractivity contribution is 5.86. The number of carbonyl (C=O) groups is 1. The van der Waals surface area contributed by atoms with Gasteiger partial charge in [0.25, 0.3) is 0 Å². The Kier molecular flexibility index (Phi) is 2.90. The number of aryl methyl sites for hydroxylation is 3. The summed E-state index contributed by atoms with van der Waals surface area (Å²) in [4.78, 5) is 15.7. The molecule has 0 amide bonds. The molecule has 0 fully saturated rings. The fourth-order valence-corrected chi connectivity index (χ4v) is 2.38. The number of aldehydes is 1. The van der Waals surface area contributed by atoms with Gasteiger partial charge in [0.05, 0.1) is 5.52 Å². The number of pyridine rings is 1. The third-order valence-corrected chi connectivity index (χ3v) is 3.70. The molecule has 20 heavy (non-hydrogen) atoms. The minimum Gasteiger partial charge on any atom is -0.299 e. The Hall–Kier alpha value is -2.42. The molecule has 3 rings (SSSR count). The minimum absolute atomic E-state index is 0.488. The van der Waals surface area contributed by atoms with Crippen molar-refractivity contribution in [1.29, 1.82) is 0 Å². The molecule has 0 aliphatic carbocycles. The number of benzene rings is 1. The predicted molar refractivity (Wildman–Crippen MR) is 80.2 cm³/mol. The molecule has 0 aliphatic rings. The summed E-state index contributed by atoms with van der Waals surface area (Å²) in [6.45, 7) is 6.18. The van der Waals surface area contributed by atoms with Crippen LogP contribution in [0.1, 0.15) is 27.2 Å². The van der Waals surface area contributed by atoms with Crippen LogP contribution in [-0.4, -0.2) is 15.7 Å². The number of imidazole rings is 1. The Bertz CT molecular complexity index is 815. The molecular weight excluding hydrogens is 248 g/mol. The van der Waals surface area contributed by atoms with E-state index in [0.29, 0.717) is 5.69 Å². The van der Waals surface area contributed by atoms with E-state index in [1.54, 1.807) is 0 Å². The van der Waals surface area contributed by atoms with Gasteiger partial charge >= 0.3 is 0 Å². The highest BCUT2D eigenvalue weighted by Crippen LogP contribution is 2.24. The summed E-state index contributed by atoms with van der Waals surface area (Å²) in [6, 6.07) is 10.2. The van der Waals surface area contributed by atoms with Crippen molar-refractivity contribution >= 4 is 11.8 Å². The molecule has 2 heterocycles. The molecule has 3 nitrogen and oxygen atoms in total. The van der Waals surface area contributed by atoms with E-state index >= 15 is 0 Å². The lowest BCUT2D eigenvalue weighted by atomic mass is 10.1. The summed E-state index contributed by atoms with van der Waals surface area (Å²) in [7, 11) is 0. The van der Waals surface area contributed by atoms with Crippen LogP contribution in [0.2, 0.25) is 0 Å². The van der Waals surface area contributed by atoms with Gasteiger partial charge in [0.15, 0.2) is 6.29 Å². The second-order valence-electron chi connectivity index (χ2n) is 5.20. The van der Waals surface area contributed by atoms with Crippen LogP contribution in [0.5, 0.6) is 0 Å². The molecule has 100 valence electrons. The van der Waals surface area contributed by atoms with E-state index in [0.717, 1.165) is 28.8 Å². The quantitative estimate of drug-likeness (QED) is 0.661. The van der Waals surface area contributed by atoms with Crippen LogP contribution in [0.25, 0.3) is 16.9 Å². The summed E-state index contributed by atoms with van der Waals surface area (Å²) in [5, 5.41) is 0. The number of hydrogen-bond acceptors (Lipinski definition) is 2. The van der Waals surface area contributed by atoms with Gasteiger partial charge in [0.2, 0.25) is 0 Å². The van der Waals surface area contributed by atoms with Crippen molar-refractivity contribution in [2.24, 2.45) is 0 Å². The molecule has 1 aromatic carbocycles. The number of fused-ring (bicyclic) bond motifs is 1. The highest BCUT2D eigenvalue weighted by atomic mass is 16.1. The van der Waals surface area contributed by atoms with E-state index in [9.17, 15) is 4.79 Å². The number of hydrogen-bond donors (Lipinski definition) is 0. The maximum Gasteiger partial charge on any atom is 0.170 e. The van der Waals surface area contributed by atoms with Crippen molar-refractivity contribution in [3.8, 4) is 11.4 Å². The molecule has 0 bridgehead atoms. The van der Waals surface area contributed by atoms with E-state index in [-0.39, 0.29) is 0 Å². The zero-order chi connectivity index (χ0) is 14.3. The van der Waals surface area contributed by atoms with Crippen LogP contribution in [0.15, 0.2) is 36.5 Å². The average molecular weight is 264 g/mol. The smallest absolute Gasteiger partial charge is 0.170 e. The lowest BCUT2D eigenvalue weighted by molar-refractivity contribution is 0.112. The lowest BCUT2D eigenvalue weighted by Crippen LogP contribution is -1.91. The van der Waals surface area contributed by atoms with E-state index in [1.165, 1.54) is 11.1 Å². The molecule has 2 aromatic heterocycles. The molecule has 0 atom stereocenters. The molecule has 0 spiro atoms. The van der Waals surface area contributed by atoms with Gasteiger partial charge in [-0.05, 0) is 55.7 Å². The Balaban J connectivity index is 2.30. The topological polar surface area (TPSA) is 34.4 Å². The Morgan fingerprint density at radius 1 is 1.05 bits per heavy atom. The summed E-state index contributed by atoms with van der Waals surface area (Å²) in [6.07, 6.45) is 2.79. The standard InChI is InChI=1S/C17H16N2O/c1-11-6-7-19-16(8-11)15(10-20)18-17(19)14-5-4-12(2)13(3)9-14/h4-10H,1-3H3. The fraction of sp³-hybridized carbons (Fsp3) is 0.176. The Labute approximate surface area is 117 Å². The van der Waals surface area contributed by atoms with E-state index in [4.69, 9.17) is 0 Å². The molecule has 0 saturated carbocycles. The zero-order valence-corrected chi connectivity index (χ0v) is 11.8. The largest absolute Gasteiger partial charge is 0.299 e. The fourth-order valence-electron chi connectivity index (χ4n) is 2.38. The molecular formula is C17H16N2O. The Morgan fingerprint density at radius 3 is 2.55 bits per heavy atom. The number of aromatic nitrogens is 2. The van der Waals surface area contributed by atoms with Gasteiger partial charge in [-0.2, -0.15) is 0 Å². The summed E-state index contributed by atoms with van der Waals surface area (Å²) >= 11 is 0. The lowest BCUT2D eigenvalue weighted by Gasteiger charge is -2.05. The first-order valence-electron chi connectivity index (χ1n) is 6.61. The van der Waals surface area contributed by atoms with Crippen molar-refractivity contribution in [2.45, 2.75) is 20.8 Å². The highest BCUT2D eigenvalue weighted by Gasteiger charge is 2.12. The molecule has 0 aliphatic heterocycles. The van der Waals surface area contributed by atoms with Crippen LogP contribution in [0.4, 0.5) is 0 Å². The van der Waals surface area contributed by atoms with E-state index < -0.39 is 0 Å². The zero-order valence-electron chi connectivity index (χ0n) is 11.8. The second-order valence-corrected chi connectivity index (χ2v) is 5.20. The van der Waals surface area contributed by atoms with Crippen LogP contribution >= 0.6 is 0 Å². The monoisotopic (exact) mass is 264 g/mol. The molecule has 3 heteroatoms. The SMILES string of the molecule is Cc1ccn2c(-c3ccc(C)c(C)c3)nc(C=O)c2c1. The van der Waals surface area contributed by atoms with E-state index in [2.05, 4.69) is 31.0 Å². The third kappa shape index (κ3) is 1.92. The van der Waals surface area contributed by atoms with Gasteiger partial charge in [0.1, 0.15) is 11.5 Å². The minimum atomic E-state index is 0.488. The van der Waals surface area contributed by atoms with Crippen LogP contribution in [0.3, 0.4) is 0 Å². The maximum absolute atomic E-state index is 11.2. The number of rotatable bonds is 2. The van der Waals surface area contributed by atoms with Gasteiger partial charge < -0.3 is 0 Å². The predicted octanol–water partition coefficient (Wildman–Crippen LogP) is 3.74. The van der Waals surface area contributed by atoms with Crippen molar-refractivity contribution in [3.63, 3.8) is 0 Å². The van der Waals surface area contributed by atoms with Gasteiger partial charge in [-0.3, -0.25) is 9.20 Å². The summed E-state index contributed by atoms with van der Waals surface area (Å²) in [5.74, 6) is 0.810. The molecule has 3 aromatic rings. The average Bonchev–Trinajstić information content (AvgIpc) is 2.79. The maximum atomic E-state index is 11.2. The second kappa shape index (κ2) is 4.60. The van der Waals surface area contributed by atoms with Crippen molar-refractivity contribution in [2.75, 3.05) is 0 Å². The van der Waals surface area contributed by atoms with Crippen molar-refractivity contribution < 1.29 is 4.79 Å². The van der Waals surface area contributed by atoms with E-state index in [1.807, 2.05) is 35.7 Å². The van der Waals surface area contributed by atoms with Crippen molar-refractivity contribution in [3.05, 3.63) is 58.9 Å². The molecule has 0 unspecified atom stereocenters. The van der Waals surface area contributed by atoms with Gasteiger partial charge in [-0.15, -0.1) is 0 Å². The summed E-state index contributed by atoms with van der Waals surface area (Å²) in [5.41, 5.74) is 5.96. The summed E-state index contributed by atoms with van der Waals surface area (Å²) < 4.78 is 1.97. The van der Waals surface area contributed by atoms with Gasteiger partial charge in [-0.1, -0.05) is 12.1 Å². The van der Waals surface area contributed by atoms with Crippen LogP contribution in [0, 0.1) is 20.8 Å². The molecule has 0 saturated heterocycles. The first kappa shape index (κ1) is 12.6. The first-order chi connectivity index (χ1) is 9.60. The van der Waals surface area contributed by atoms with Crippen LogP contribution in [-0.2, 0) is 0 Å². The third-order valence-electron chi connectivity index (χ3n) is 3.70.